The van der Waals surface area contributed by atoms with Crippen LogP contribution in [0.4, 0.5) is 5.69 Å². The summed E-state index contributed by atoms with van der Waals surface area (Å²) >= 11 is 0. The highest BCUT2D eigenvalue weighted by Gasteiger charge is 2.19. The summed E-state index contributed by atoms with van der Waals surface area (Å²) in [4.78, 5) is 23.9. The Balaban J connectivity index is 1.45. The average molecular weight is 386 g/mol. The highest BCUT2D eigenvalue weighted by molar-refractivity contribution is 5.92. The number of nitrogens with one attached hydrogen (secondary N) is 2. The minimum absolute atomic E-state index is 0.121. The lowest BCUT2D eigenvalue weighted by molar-refractivity contribution is -0.116. The molecule has 0 atom stereocenters. The van der Waals surface area contributed by atoms with E-state index >= 15 is 0 Å². The summed E-state index contributed by atoms with van der Waals surface area (Å²) in [6.07, 6.45) is 6.93. The third kappa shape index (κ3) is 5.52. The molecule has 1 fully saturated rings. The molecule has 0 saturated heterocycles. The van der Waals surface area contributed by atoms with Crippen molar-refractivity contribution in [2.45, 2.75) is 44.6 Å². The summed E-state index contributed by atoms with van der Waals surface area (Å²) < 4.78 is 16.4. The molecule has 2 aromatic rings. The third-order valence-corrected chi connectivity index (χ3v) is 4.65. The first-order valence-corrected chi connectivity index (χ1v) is 9.62. The zero-order valence-electron chi connectivity index (χ0n) is 16.0. The van der Waals surface area contributed by atoms with Crippen LogP contribution in [-0.2, 0) is 4.79 Å². The van der Waals surface area contributed by atoms with Gasteiger partial charge in [0.25, 0.3) is 5.91 Å². The first-order chi connectivity index (χ1) is 13.7. The van der Waals surface area contributed by atoms with Crippen LogP contribution in [-0.4, -0.2) is 31.6 Å². The lowest BCUT2D eigenvalue weighted by Gasteiger charge is -2.17. The number of methoxy groups -OCH3 is 1. The van der Waals surface area contributed by atoms with Crippen LogP contribution in [0.25, 0.3) is 0 Å². The predicted octanol–water partition coefficient (Wildman–Crippen LogP) is 3.76. The molecule has 0 bridgehead atoms. The number of carbonyl (C=O) groups excluding carboxylic acids is 2. The van der Waals surface area contributed by atoms with Crippen LogP contribution in [0, 0.1) is 0 Å². The fraction of sp³-hybridized carbons (Fsp3) is 0.429. The predicted molar refractivity (Wildman–Crippen MR) is 105 cm³/mol. The number of carbonyl (C=O) groups is 2. The number of benzene rings is 1. The fourth-order valence-electron chi connectivity index (χ4n) is 3.20. The molecule has 0 radical (unpaired) electrons. The number of hydrogen-bond acceptors (Lipinski definition) is 5. The molecule has 1 heterocycles. The Labute approximate surface area is 164 Å². The standard InChI is InChI=1S/C21H26N2O5/c1-26-17-11-10-15(14-19(17)28-16-6-2-3-7-16)23-20(24)9-4-12-22-21(25)18-8-5-13-27-18/h5,8,10-11,13-14,16H,2-4,6-7,9,12H2,1H3,(H,22,25)(H,23,24). The molecule has 0 unspecified atom stereocenters. The monoisotopic (exact) mass is 386 g/mol. The topological polar surface area (TPSA) is 89.8 Å². The van der Waals surface area contributed by atoms with Gasteiger partial charge >= 0.3 is 0 Å². The van der Waals surface area contributed by atoms with E-state index < -0.39 is 0 Å². The van der Waals surface area contributed by atoms with Crippen molar-refractivity contribution >= 4 is 17.5 Å². The number of ether oxygens (including phenoxy) is 2. The minimum Gasteiger partial charge on any atom is -0.493 e. The van der Waals surface area contributed by atoms with Crippen molar-refractivity contribution in [3.8, 4) is 11.5 Å². The third-order valence-electron chi connectivity index (χ3n) is 4.65. The molecular weight excluding hydrogens is 360 g/mol. The van der Waals surface area contributed by atoms with Crippen molar-refractivity contribution in [2.75, 3.05) is 19.0 Å². The van der Waals surface area contributed by atoms with E-state index in [-0.39, 0.29) is 23.7 Å². The second-order valence-electron chi connectivity index (χ2n) is 6.77. The van der Waals surface area contributed by atoms with E-state index in [0.717, 1.165) is 12.8 Å². The molecule has 150 valence electrons. The van der Waals surface area contributed by atoms with Gasteiger partial charge in [0.1, 0.15) is 0 Å². The van der Waals surface area contributed by atoms with Crippen LogP contribution in [0.15, 0.2) is 41.0 Å². The largest absolute Gasteiger partial charge is 0.493 e. The molecule has 2 N–H and O–H groups in total. The van der Waals surface area contributed by atoms with Crippen LogP contribution >= 0.6 is 0 Å². The lowest BCUT2D eigenvalue weighted by Crippen LogP contribution is -2.25. The quantitative estimate of drug-likeness (QED) is 0.641. The van der Waals surface area contributed by atoms with E-state index in [1.807, 2.05) is 0 Å². The normalized spacial score (nSPS) is 13.9. The summed E-state index contributed by atoms with van der Waals surface area (Å²) in [5.41, 5.74) is 0.665. The Morgan fingerprint density at radius 3 is 2.71 bits per heavy atom. The average Bonchev–Trinajstić information content (AvgIpc) is 3.39. The molecule has 1 aliphatic carbocycles. The molecular formula is C21H26N2O5. The van der Waals surface area contributed by atoms with Gasteiger partial charge in [0.2, 0.25) is 5.91 Å². The van der Waals surface area contributed by atoms with Crippen LogP contribution in [0.3, 0.4) is 0 Å². The van der Waals surface area contributed by atoms with Gasteiger partial charge in [-0.15, -0.1) is 0 Å². The summed E-state index contributed by atoms with van der Waals surface area (Å²) in [7, 11) is 1.60. The molecule has 7 nitrogen and oxygen atoms in total. The van der Waals surface area contributed by atoms with Gasteiger partial charge in [-0.2, -0.15) is 0 Å². The first-order valence-electron chi connectivity index (χ1n) is 9.62. The van der Waals surface area contributed by atoms with E-state index in [0.29, 0.717) is 36.6 Å². The highest BCUT2D eigenvalue weighted by atomic mass is 16.5. The lowest BCUT2D eigenvalue weighted by atomic mass is 10.2. The van der Waals surface area contributed by atoms with Crippen molar-refractivity contribution in [3.63, 3.8) is 0 Å². The van der Waals surface area contributed by atoms with Crippen LogP contribution in [0.1, 0.15) is 49.1 Å². The zero-order chi connectivity index (χ0) is 19.8. The van der Waals surface area contributed by atoms with Crippen LogP contribution < -0.4 is 20.1 Å². The van der Waals surface area contributed by atoms with Crippen molar-refractivity contribution in [1.29, 1.82) is 0 Å². The molecule has 1 saturated carbocycles. The van der Waals surface area contributed by atoms with E-state index in [4.69, 9.17) is 13.9 Å². The first kappa shape index (κ1) is 19.8. The number of furan rings is 1. The maximum atomic E-state index is 12.2. The second kappa shape index (κ2) is 9.82. The van der Waals surface area contributed by atoms with E-state index in [2.05, 4.69) is 10.6 Å². The number of rotatable bonds is 9. The van der Waals surface area contributed by atoms with Gasteiger partial charge in [-0.05, 0) is 56.4 Å². The zero-order valence-corrected chi connectivity index (χ0v) is 16.0. The number of anilines is 1. The number of amides is 2. The van der Waals surface area contributed by atoms with E-state index in [9.17, 15) is 9.59 Å². The molecule has 7 heteroatoms. The van der Waals surface area contributed by atoms with Crippen LogP contribution in [0.2, 0.25) is 0 Å². The highest BCUT2D eigenvalue weighted by Crippen LogP contribution is 2.33. The fourth-order valence-corrected chi connectivity index (χ4v) is 3.20. The Bertz CT molecular complexity index is 782. The summed E-state index contributed by atoms with van der Waals surface area (Å²) in [5, 5.41) is 5.59. The SMILES string of the molecule is COc1ccc(NC(=O)CCCNC(=O)c2ccco2)cc1OC1CCCC1. The van der Waals surface area contributed by atoms with Gasteiger partial charge in [0.05, 0.1) is 19.5 Å². The van der Waals surface area contributed by atoms with Crippen molar-refractivity contribution < 1.29 is 23.5 Å². The van der Waals surface area contributed by atoms with Gasteiger partial charge in [0, 0.05) is 24.7 Å². The molecule has 1 aromatic carbocycles. The second-order valence-corrected chi connectivity index (χ2v) is 6.77. The van der Waals surface area contributed by atoms with Crippen molar-refractivity contribution in [1.82, 2.24) is 5.32 Å². The minimum atomic E-state index is -0.283. The Morgan fingerprint density at radius 2 is 2.00 bits per heavy atom. The van der Waals surface area contributed by atoms with E-state index in [1.165, 1.54) is 19.1 Å². The maximum Gasteiger partial charge on any atom is 0.286 e. The maximum absolute atomic E-state index is 12.2. The van der Waals surface area contributed by atoms with E-state index in [1.54, 1.807) is 37.4 Å². The Morgan fingerprint density at radius 1 is 1.18 bits per heavy atom. The molecule has 0 aliphatic heterocycles. The van der Waals surface area contributed by atoms with Gasteiger partial charge in [-0.1, -0.05) is 0 Å². The van der Waals surface area contributed by atoms with Gasteiger partial charge in [0.15, 0.2) is 17.3 Å². The smallest absolute Gasteiger partial charge is 0.286 e. The molecule has 28 heavy (non-hydrogen) atoms. The molecule has 0 spiro atoms. The summed E-state index contributed by atoms with van der Waals surface area (Å²) in [5.74, 6) is 1.17. The Hall–Kier alpha value is -2.96. The summed E-state index contributed by atoms with van der Waals surface area (Å²) in [6.45, 7) is 0.394. The number of hydrogen-bond donors (Lipinski definition) is 2. The van der Waals surface area contributed by atoms with Gasteiger partial charge < -0.3 is 24.5 Å². The van der Waals surface area contributed by atoms with Gasteiger partial charge in [-0.3, -0.25) is 9.59 Å². The molecule has 1 aliphatic rings. The molecule has 3 rings (SSSR count). The molecule has 2 amide bonds. The van der Waals surface area contributed by atoms with Crippen LogP contribution in [0.5, 0.6) is 11.5 Å². The summed E-state index contributed by atoms with van der Waals surface area (Å²) in [6, 6.07) is 8.63. The molecule has 1 aromatic heterocycles. The Kier molecular flexibility index (Phi) is 6.94. The van der Waals surface area contributed by atoms with Crippen molar-refractivity contribution in [2.24, 2.45) is 0 Å². The van der Waals surface area contributed by atoms with Crippen molar-refractivity contribution in [3.05, 3.63) is 42.4 Å². The van der Waals surface area contributed by atoms with Gasteiger partial charge in [-0.25, -0.2) is 0 Å².